The summed E-state index contributed by atoms with van der Waals surface area (Å²) in [6, 6.07) is 0.134. The predicted octanol–water partition coefficient (Wildman–Crippen LogP) is 1.10. The second-order valence-corrected chi connectivity index (χ2v) is 4.69. The highest BCUT2D eigenvalue weighted by atomic mass is 16.5. The van der Waals surface area contributed by atoms with Gasteiger partial charge in [0.1, 0.15) is 5.82 Å². The van der Waals surface area contributed by atoms with E-state index < -0.39 is 0 Å². The van der Waals surface area contributed by atoms with Gasteiger partial charge in [-0.3, -0.25) is 0 Å². The Hall–Kier alpha value is -0.870. The van der Waals surface area contributed by atoms with E-state index in [-0.39, 0.29) is 12.1 Å². The lowest BCUT2D eigenvalue weighted by Gasteiger charge is -2.22. The number of methoxy groups -OCH3 is 1. The minimum atomic E-state index is 0.134. The Morgan fingerprint density at radius 3 is 2.88 bits per heavy atom. The largest absolute Gasteiger partial charge is 0.380 e. The molecule has 0 bridgehead atoms. The van der Waals surface area contributed by atoms with Crippen LogP contribution in [0.3, 0.4) is 0 Å². The molecule has 0 aliphatic heterocycles. The van der Waals surface area contributed by atoms with Crippen LogP contribution in [-0.2, 0) is 18.2 Å². The molecule has 0 spiro atoms. The Morgan fingerprint density at radius 1 is 1.62 bits per heavy atom. The zero-order valence-corrected chi connectivity index (χ0v) is 10.1. The third-order valence-electron chi connectivity index (χ3n) is 3.40. The number of nitrogens with two attached hydrogens (primary N) is 1. The van der Waals surface area contributed by atoms with Gasteiger partial charge < -0.3 is 15.0 Å². The lowest BCUT2D eigenvalue weighted by Crippen LogP contribution is -2.38. The van der Waals surface area contributed by atoms with Gasteiger partial charge in [0, 0.05) is 39.0 Å². The number of imidazole rings is 1. The van der Waals surface area contributed by atoms with Gasteiger partial charge in [0.25, 0.3) is 0 Å². The molecule has 0 radical (unpaired) electrons. The second-order valence-electron chi connectivity index (χ2n) is 4.69. The monoisotopic (exact) mass is 223 g/mol. The molecule has 1 fully saturated rings. The van der Waals surface area contributed by atoms with Crippen LogP contribution >= 0.6 is 0 Å². The summed E-state index contributed by atoms with van der Waals surface area (Å²) in [5.41, 5.74) is 6.17. The highest BCUT2D eigenvalue weighted by Gasteiger charge is 2.35. The van der Waals surface area contributed by atoms with E-state index in [1.165, 1.54) is 12.8 Å². The number of hydrogen-bond acceptors (Lipinski definition) is 3. The standard InChI is InChI=1S/C12H21N3O/c1-15-8-7-14-11(15)6-5-10(13)12(16-2)9-3-4-9/h7-10,12H,3-6,13H2,1-2H3. The first kappa shape index (κ1) is 11.6. The average molecular weight is 223 g/mol. The lowest BCUT2D eigenvalue weighted by atomic mass is 10.0. The molecule has 1 aliphatic carbocycles. The fourth-order valence-electron chi connectivity index (χ4n) is 2.24. The Kier molecular flexibility index (Phi) is 3.61. The molecule has 1 saturated carbocycles. The lowest BCUT2D eigenvalue weighted by molar-refractivity contribution is 0.0601. The topological polar surface area (TPSA) is 53.1 Å². The summed E-state index contributed by atoms with van der Waals surface area (Å²) < 4.78 is 7.53. The number of hydrogen-bond donors (Lipinski definition) is 1. The summed E-state index contributed by atoms with van der Waals surface area (Å²) in [4.78, 5) is 4.30. The van der Waals surface area contributed by atoms with Gasteiger partial charge in [-0.15, -0.1) is 0 Å². The SMILES string of the molecule is COC(C(N)CCc1nccn1C)C1CC1. The minimum Gasteiger partial charge on any atom is -0.380 e. The Bertz CT molecular complexity index is 333. The second kappa shape index (κ2) is 4.97. The van der Waals surface area contributed by atoms with Crippen molar-refractivity contribution in [1.82, 2.24) is 9.55 Å². The van der Waals surface area contributed by atoms with Gasteiger partial charge in [0.15, 0.2) is 0 Å². The van der Waals surface area contributed by atoms with Crippen LogP contribution in [0.15, 0.2) is 12.4 Å². The fourth-order valence-corrected chi connectivity index (χ4v) is 2.24. The molecule has 0 amide bonds. The molecule has 90 valence electrons. The summed E-state index contributed by atoms with van der Waals surface area (Å²) in [5, 5.41) is 0. The highest BCUT2D eigenvalue weighted by molar-refractivity contribution is 4.94. The maximum absolute atomic E-state index is 6.17. The molecule has 2 rings (SSSR count). The number of ether oxygens (including phenoxy) is 1. The molecule has 2 N–H and O–H groups in total. The average Bonchev–Trinajstić information content (AvgIpc) is 3.01. The molecule has 16 heavy (non-hydrogen) atoms. The summed E-state index contributed by atoms with van der Waals surface area (Å²) in [5.74, 6) is 1.79. The molecule has 2 atom stereocenters. The van der Waals surface area contributed by atoms with Crippen LogP contribution in [0.4, 0.5) is 0 Å². The van der Waals surface area contributed by atoms with E-state index in [1.54, 1.807) is 7.11 Å². The molecular formula is C12H21N3O. The maximum atomic E-state index is 6.17. The van der Waals surface area contributed by atoms with Gasteiger partial charge in [0.2, 0.25) is 0 Å². The number of rotatable bonds is 6. The molecule has 0 aromatic carbocycles. The van der Waals surface area contributed by atoms with Gasteiger partial charge in [-0.05, 0) is 25.2 Å². The van der Waals surface area contributed by atoms with Crippen molar-refractivity contribution in [3.8, 4) is 0 Å². The van der Waals surface area contributed by atoms with Gasteiger partial charge >= 0.3 is 0 Å². The Morgan fingerprint density at radius 2 is 2.38 bits per heavy atom. The first-order valence-electron chi connectivity index (χ1n) is 5.97. The molecule has 4 heteroatoms. The normalized spacial score (nSPS) is 19.7. The van der Waals surface area contributed by atoms with Crippen molar-refractivity contribution < 1.29 is 4.74 Å². The van der Waals surface area contributed by atoms with E-state index in [4.69, 9.17) is 10.5 Å². The summed E-state index contributed by atoms with van der Waals surface area (Å²) in [7, 11) is 3.78. The van der Waals surface area contributed by atoms with E-state index in [2.05, 4.69) is 4.98 Å². The van der Waals surface area contributed by atoms with Crippen molar-refractivity contribution in [3.63, 3.8) is 0 Å². The third kappa shape index (κ3) is 2.62. The number of aromatic nitrogens is 2. The number of aryl methyl sites for hydroxylation is 2. The quantitative estimate of drug-likeness (QED) is 0.786. The first-order valence-corrected chi connectivity index (χ1v) is 5.97. The van der Waals surface area contributed by atoms with Crippen LogP contribution in [0, 0.1) is 5.92 Å². The van der Waals surface area contributed by atoms with Crippen LogP contribution in [0.1, 0.15) is 25.1 Å². The van der Waals surface area contributed by atoms with Crippen LogP contribution < -0.4 is 5.73 Å². The molecule has 2 unspecified atom stereocenters. The van der Waals surface area contributed by atoms with E-state index in [0.29, 0.717) is 5.92 Å². The molecular weight excluding hydrogens is 202 g/mol. The summed E-state index contributed by atoms with van der Waals surface area (Å²) in [6.45, 7) is 0. The van der Waals surface area contributed by atoms with E-state index in [1.807, 2.05) is 24.0 Å². The van der Waals surface area contributed by atoms with Gasteiger partial charge in [-0.1, -0.05) is 0 Å². The molecule has 1 heterocycles. The van der Waals surface area contributed by atoms with E-state index in [9.17, 15) is 0 Å². The van der Waals surface area contributed by atoms with Crippen molar-refractivity contribution in [1.29, 1.82) is 0 Å². The van der Waals surface area contributed by atoms with Crippen LogP contribution in [0.25, 0.3) is 0 Å². The smallest absolute Gasteiger partial charge is 0.108 e. The zero-order chi connectivity index (χ0) is 11.5. The van der Waals surface area contributed by atoms with Crippen LogP contribution in [0.5, 0.6) is 0 Å². The third-order valence-corrected chi connectivity index (χ3v) is 3.40. The highest BCUT2D eigenvalue weighted by Crippen LogP contribution is 2.35. The van der Waals surface area contributed by atoms with Gasteiger partial charge in [-0.25, -0.2) is 4.98 Å². The Labute approximate surface area is 96.8 Å². The fraction of sp³-hybridized carbons (Fsp3) is 0.750. The van der Waals surface area contributed by atoms with Crippen LogP contribution in [-0.4, -0.2) is 28.8 Å². The molecule has 1 aliphatic rings. The molecule has 0 saturated heterocycles. The van der Waals surface area contributed by atoms with Crippen molar-refractivity contribution in [2.24, 2.45) is 18.7 Å². The van der Waals surface area contributed by atoms with Crippen molar-refractivity contribution >= 4 is 0 Å². The number of nitrogens with zero attached hydrogens (tertiary/aromatic N) is 2. The molecule has 4 nitrogen and oxygen atoms in total. The minimum absolute atomic E-state index is 0.134. The molecule has 1 aromatic rings. The van der Waals surface area contributed by atoms with Crippen molar-refractivity contribution in [2.45, 2.75) is 37.8 Å². The van der Waals surface area contributed by atoms with Crippen LogP contribution in [0.2, 0.25) is 0 Å². The van der Waals surface area contributed by atoms with Gasteiger partial charge in [-0.2, -0.15) is 0 Å². The molecule has 1 aromatic heterocycles. The zero-order valence-electron chi connectivity index (χ0n) is 10.1. The van der Waals surface area contributed by atoms with Crippen molar-refractivity contribution in [3.05, 3.63) is 18.2 Å². The van der Waals surface area contributed by atoms with E-state index >= 15 is 0 Å². The Balaban J connectivity index is 1.82. The first-order chi connectivity index (χ1) is 7.72. The maximum Gasteiger partial charge on any atom is 0.108 e. The van der Waals surface area contributed by atoms with Crippen molar-refractivity contribution in [2.75, 3.05) is 7.11 Å². The predicted molar refractivity (Wildman–Crippen MR) is 63.0 cm³/mol. The van der Waals surface area contributed by atoms with E-state index in [0.717, 1.165) is 18.7 Å². The summed E-state index contributed by atoms with van der Waals surface area (Å²) in [6.07, 6.45) is 8.45. The summed E-state index contributed by atoms with van der Waals surface area (Å²) >= 11 is 0. The van der Waals surface area contributed by atoms with Gasteiger partial charge in [0.05, 0.1) is 6.10 Å².